The predicted molar refractivity (Wildman–Crippen MR) is 52.2 cm³/mol. The first-order valence-electron chi connectivity index (χ1n) is 4.39. The molecule has 0 radical (unpaired) electrons. The van der Waals surface area contributed by atoms with Gasteiger partial charge in [0.15, 0.2) is 0 Å². The summed E-state index contributed by atoms with van der Waals surface area (Å²) in [6.45, 7) is 1.71. The molecule has 2 aromatic heterocycles. The van der Waals surface area contributed by atoms with Crippen molar-refractivity contribution in [2.24, 2.45) is 0 Å². The van der Waals surface area contributed by atoms with Gasteiger partial charge in [0.05, 0.1) is 29.9 Å². The van der Waals surface area contributed by atoms with Crippen molar-refractivity contribution < 1.29 is 5.11 Å². The Morgan fingerprint density at radius 3 is 3.21 bits per heavy atom. The minimum Gasteiger partial charge on any atom is -0.394 e. The standard InChI is InChI=1S/C9H11N3O2/c1-6(5-13)12-8-4-10-3-2-7(8)11-9(12)14/h2-4,6,13H,5H2,1H3,(H,11,14). The van der Waals surface area contributed by atoms with Crippen molar-refractivity contribution in [3.63, 3.8) is 0 Å². The van der Waals surface area contributed by atoms with E-state index in [0.29, 0.717) is 0 Å². The van der Waals surface area contributed by atoms with E-state index in [1.165, 1.54) is 4.57 Å². The molecule has 0 aromatic carbocycles. The molecule has 2 aromatic rings. The Labute approximate surface area is 80.0 Å². The Morgan fingerprint density at radius 1 is 1.71 bits per heavy atom. The van der Waals surface area contributed by atoms with Crippen LogP contribution in [0.3, 0.4) is 0 Å². The van der Waals surface area contributed by atoms with Gasteiger partial charge >= 0.3 is 5.69 Å². The van der Waals surface area contributed by atoms with Gasteiger partial charge < -0.3 is 10.1 Å². The quantitative estimate of drug-likeness (QED) is 0.719. The molecule has 0 fully saturated rings. The Balaban J connectivity index is 2.74. The van der Waals surface area contributed by atoms with Crippen LogP contribution in [-0.2, 0) is 0 Å². The first-order chi connectivity index (χ1) is 6.74. The van der Waals surface area contributed by atoms with Crippen molar-refractivity contribution in [1.29, 1.82) is 0 Å². The molecular formula is C9H11N3O2. The predicted octanol–water partition coefficient (Wildman–Crippen LogP) is 0.278. The lowest BCUT2D eigenvalue weighted by Gasteiger charge is -2.08. The molecule has 2 heterocycles. The SMILES string of the molecule is CC(CO)n1c(=O)[nH]c2ccncc21. The van der Waals surface area contributed by atoms with Crippen LogP contribution in [0, 0.1) is 0 Å². The van der Waals surface area contributed by atoms with Gasteiger partial charge in [-0.1, -0.05) is 0 Å². The molecule has 0 spiro atoms. The second kappa shape index (κ2) is 3.26. The van der Waals surface area contributed by atoms with Crippen LogP contribution >= 0.6 is 0 Å². The summed E-state index contributed by atoms with van der Waals surface area (Å²) in [6.07, 6.45) is 3.23. The van der Waals surface area contributed by atoms with Gasteiger partial charge in [-0.2, -0.15) is 0 Å². The third-order valence-electron chi connectivity index (χ3n) is 2.22. The Morgan fingerprint density at radius 2 is 2.50 bits per heavy atom. The maximum absolute atomic E-state index is 11.5. The molecular weight excluding hydrogens is 182 g/mol. The van der Waals surface area contributed by atoms with Crippen LogP contribution in [-0.4, -0.2) is 26.2 Å². The van der Waals surface area contributed by atoms with Gasteiger partial charge in [0.2, 0.25) is 0 Å². The fourth-order valence-electron chi connectivity index (χ4n) is 1.49. The molecule has 5 nitrogen and oxygen atoms in total. The average Bonchev–Trinajstić information content (AvgIpc) is 2.53. The van der Waals surface area contributed by atoms with Crippen molar-refractivity contribution in [2.45, 2.75) is 13.0 Å². The van der Waals surface area contributed by atoms with Crippen LogP contribution in [0.15, 0.2) is 23.3 Å². The lowest BCUT2D eigenvalue weighted by atomic mass is 10.3. The number of H-pyrrole nitrogens is 1. The van der Waals surface area contributed by atoms with E-state index in [-0.39, 0.29) is 18.3 Å². The Hall–Kier alpha value is -1.62. The lowest BCUT2D eigenvalue weighted by Crippen LogP contribution is -2.22. The molecule has 0 aliphatic carbocycles. The molecule has 1 atom stereocenters. The second-order valence-electron chi connectivity index (χ2n) is 3.22. The van der Waals surface area contributed by atoms with Gasteiger partial charge in [-0.05, 0) is 13.0 Å². The van der Waals surface area contributed by atoms with Crippen LogP contribution in [0.5, 0.6) is 0 Å². The molecule has 74 valence electrons. The van der Waals surface area contributed by atoms with Gasteiger partial charge in [-0.25, -0.2) is 4.79 Å². The smallest absolute Gasteiger partial charge is 0.326 e. The highest BCUT2D eigenvalue weighted by atomic mass is 16.3. The summed E-state index contributed by atoms with van der Waals surface area (Å²) in [6, 6.07) is 1.50. The minimum absolute atomic E-state index is 0.0677. The van der Waals surface area contributed by atoms with Crippen molar-refractivity contribution in [3.8, 4) is 0 Å². The van der Waals surface area contributed by atoms with Crippen LogP contribution in [0.4, 0.5) is 0 Å². The zero-order chi connectivity index (χ0) is 10.1. The van der Waals surface area contributed by atoms with E-state index in [9.17, 15) is 4.79 Å². The average molecular weight is 193 g/mol. The van der Waals surface area contributed by atoms with Gasteiger partial charge in [-0.3, -0.25) is 9.55 Å². The topological polar surface area (TPSA) is 70.9 Å². The number of aliphatic hydroxyl groups is 1. The summed E-state index contributed by atoms with van der Waals surface area (Å²) >= 11 is 0. The normalized spacial score (nSPS) is 13.3. The van der Waals surface area contributed by atoms with Crippen molar-refractivity contribution in [2.75, 3.05) is 6.61 Å². The Bertz CT molecular complexity index is 500. The number of aromatic nitrogens is 3. The van der Waals surface area contributed by atoms with Gasteiger partial charge in [0.25, 0.3) is 0 Å². The third kappa shape index (κ3) is 1.22. The zero-order valence-electron chi connectivity index (χ0n) is 7.77. The van der Waals surface area contributed by atoms with E-state index in [1.54, 1.807) is 25.4 Å². The highest BCUT2D eigenvalue weighted by molar-refractivity contribution is 5.73. The molecule has 5 heteroatoms. The van der Waals surface area contributed by atoms with Gasteiger partial charge in [0, 0.05) is 6.20 Å². The highest BCUT2D eigenvalue weighted by Gasteiger charge is 2.11. The van der Waals surface area contributed by atoms with Crippen molar-refractivity contribution in [3.05, 3.63) is 28.9 Å². The molecule has 14 heavy (non-hydrogen) atoms. The number of hydrogen-bond donors (Lipinski definition) is 2. The number of aromatic amines is 1. The number of imidazole rings is 1. The van der Waals surface area contributed by atoms with E-state index in [1.807, 2.05) is 0 Å². The number of nitrogens with zero attached hydrogens (tertiary/aromatic N) is 2. The number of rotatable bonds is 2. The zero-order valence-corrected chi connectivity index (χ0v) is 7.77. The maximum Gasteiger partial charge on any atom is 0.326 e. The molecule has 2 rings (SSSR count). The van der Waals surface area contributed by atoms with Crippen LogP contribution in [0.2, 0.25) is 0 Å². The monoisotopic (exact) mass is 193 g/mol. The van der Waals surface area contributed by atoms with Crippen LogP contribution in [0.25, 0.3) is 11.0 Å². The number of aliphatic hydroxyl groups excluding tert-OH is 1. The summed E-state index contributed by atoms with van der Waals surface area (Å²) in [5.74, 6) is 0. The molecule has 2 N–H and O–H groups in total. The fraction of sp³-hybridized carbons (Fsp3) is 0.333. The summed E-state index contributed by atoms with van der Waals surface area (Å²) in [5, 5.41) is 9.00. The second-order valence-corrected chi connectivity index (χ2v) is 3.22. The van der Waals surface area contributed by atoms with Gasteiger partial charge in [-0.15, -0.1) is 0 Å². The summed E-state index contributed by atoms with van der Waals surface area (Å²) in [4.78, 5) is 18.1. The molecule has 0 amide bonds. The van der Waals surface area contributed by atoms with E-state index in [2.05, 4.69) is 9.97 Å². The van der Waals surface area contributed by atoms with E-state index >= 15 is 0 Å². The fourth-order valence-corrected chi connectivity index (χ4v) is 1.49. The molecule has 0 aliphatic rings. The third-order valence-corrected chi connectivity index (χ3v) is 2.22. The van der Waals surface area contributed by atoms with Gasteiger partial charge in [0.1, 0.15) is 0 Å². The first kappa shape index (κ1) is 8.96. The summed E-state index contributed by atoms with van der Waals surface area (Å²) in [7, 11) is 0. The number of pyridine rings is 1. The molecule has 0 saturated heterocycles. The van der Waals surface area contributed by atoms with E-state index < -0.39 is 0 Å². The lowest BCUT2D eigenvalue weighted by molar-refractivity contribution is 0.239. The van der Waals surface area contributed by atoms with Crippen molar-refractivity contribution in [1.82, 2.24) is 14.5 Å². The molecule has 0 saturated carbocycles. The van der Waals surface area contributed by atoms with Crippen LogP contribution in [0.1, 0.15) is 13.0 Å². The van der Waals surface area contributed by atoms with Crippen LogP contribution < -0.4 is 5.69 Å². The van der Waals surface area contributed by atoms with E-state index in [4.69, 9.17) is 5.11 Å². The summed E-state index contributed by atoms with van der Waals surface area (Å²) < 4.78 is 1.50. The number of hydrogen-bond acceptors (Lipinski definition) is 3. The van der Waals surface area contributed by atoms with E-state index in [0.717, 1.165) is 11.0 Å². The number of nitrogens with one attached hydrogen (secondary N) is 1. The number of fused-ring (bicyclic) bond motifs is 1. The first-order valence-corrected chi connectivity index (χ1v) is 4.39. The molecule has 0 aliphatic heterocycles. The van der Waals surface area contributed by atoms with Crippen molar-refractivity contribution >= 4 is 11.0 Å². The highest BCUT2D eigenvalue weighted by Crippen LogP contribution is 2.12. The molecule has 0 bridgehead atoms. The summed E-state index contributed by atoms with van der Waals surface area (Å²) in [5.41, 5.74) is 1.25. The molecule has 1 unspecified atom stereocenters. The maximum atomic E-state index is 11.5. The Kier molecular flexibility index (Phi) is 2.09. The largest absolute Gasteiger partial charge is 0.394 e. The minimum atomic E-state index is -0.236.